The lowest BCUT2D eigenvalue weighted by atomic mass is 10.1. The third-order valence-corrected chi connectivity index (χ3v) is 3.82. The lowest BCUT2D eigenvalue weighted by Gasteiger charge is -2.16. The summed E-state index contributed by atoms with van der Waals surface area (Å²) in [7, 11) is 1.60. The lowest BCUT2D eigenvalue weighted by Crippen LogP contribution is -2.20. The first kappa shape index (κ1) is 15.9. The Morgan fingerprint density at radius 2 is 2.27 bits per heavy atom. The Morgan fingerprint density at radius 1 is 1.50 bits per heavy atom. The van der Waals surface area contributed by atoms with Gasteiger partial charge in [-0.3, -0.25) is 4.79 Å². The van der Waals surface area contributed by atoms with E-state index in [1.54, 1.807) is 13.2 Å². The van der Waals surface area contributed by atoms with Crippen LogP contribution in [0.25, 0.3) is 17.1 Å². The highest BCUT2D eigenvalue weighted by Crippen LogP contribution is 2.29. The molecule has 2 aromatic rings. The molecule has 22 heavy (non-hydrogen) atoms. The molecule has 0 radical (unpaired) electrons. The second kappa shape index (κ2) is 7.02. The zero-order chi connectivity index (χ0) is 16.1. The van der Waals surface area contributed by atoms with Crippen molar-refractivity contribution in [2.24, 2.45) is 0 Å². The summed E-state index contributed by atoms with van der Waals surface area (Å²) in [6.45, 7) is 3.96. The Bertz CT molecular complexity index is 716. The van der Waals surface area contributed by atoms with Gasteiger partial charge in [-0.25, -0.2) is 4.98 Å². The van der Waals surface area contributed by atoms with Gasteiger partial charge in [-0.1, -0.05) is 6.08 Å². The highest BCUT2D eigenvalue weighted by atomic mass is 16.1. The molecule has 0 saturated heterocycles. The van der Waals surface area contributed by atoms with Crippen molar-refractivity contribution in [2.45, 2.75) is 32.7 Å². The van der Waals surface area contributed by atoms with Crippen LogP contribution in [0.4, 0.5) is 0 Å². The normalized spacial score (nSPS) is 12.7. The Kier molecular flexibility index (Phi) is 5.09. The molecule has 0 aliphatic rings. The van der Waals surface area contributed by atoms with E-state index in [4.69, 9.17) is 0 Å². The maximum atomic E-state index is 11.6. The van der Waals surface area contributed by atoms with E-state index in [0.29, 0.717) is 12.8 Å². The number of hydrogen-bond donors (Lipinski definition) is 1. The van der Waals surface area contributed by atoms with E-state index in [-0.39, 0.29) is 5.91 Å². The van der Waals surface area contributed by atoms with Crippen molar-refractivity contribution in [1.82, 2.24) is 14.9 Å². The smallest absolute Gasteiger partial charge is 0.219 e. The van der Waals surface area contributed by atoms with Gasteiger partial charge >= 0.3 is 0 Å². The molecular weight excluding hydrogens is 278 g/mol. The fourth-order valence-electron chi connectivity index (χ4n) is 2.68. The number of nitrogens with one attached hydrogen (secondary N) is 1. The van der Waals surface area contributed by atoms with Crippen LogP contribution in [-0.2, 0) is 9.59 Å². The number of nitrogens with zero attached hydrogens (tertiary/aromatic N) is 2. The summed E-state index contributed by atoms with van der Waals surface area (Å²) in [6, 6.07) is 3.48. The predicted octanol–water partition coefficient (Wildman–Crippen LogP) is 2.64. The molecule has 0 aromatic carbocycles. The molecule has 2 heterocycles. The molecule has 0 spiro atoms. The van der Waals surface area contributed by atoms with E-state index in [9.17, 15) is 9.59 Å². The number of pyridine rings is 1. The maximum Gasteiger partial charge on any atom is 0.219 e. The Labute approximate surface area is 130 Å². The van der Waals surface area contributed by atoms with E-state index in [0.717, 1.165) is 28.6 Å². The number of carbonyl (C=O) groups excluding carboxylic acids is 2. The number of fused-ring (bicyclic) bond motifs is 1. The Hall–Kier alpha value is -2.43. The highest BCUT2D eigenvalue weighted by Gasteiger charge is 2.20. The zero-order valence-electron chi connectivity index (χ0n) is 13.2. The standard InChI is InChI=1S/C17H21N3O2/c1-4-6-15-12(2)14-7-5-10-19-17(14)20(15)13(11-21)8-9-16(22)18-3/h4-7,10-11,13H,8-9H2,1-3H3,(H,18,22)/b6-4-. The van der Waals surface area contributed by atoms with Crippen molar-refractivity contribution < 1.29 is 9.59 Å². The summed E-state index contributed by atoms with van der Waals surface area (Å²) in [6.07, 6.45) is 7.29. The van der Waals surface area contributed by atoms with Gasteiger partial charge in [-0.15, -0.1) is 0 Å². The van der Waals surface area contributed by atoms with Crippen LogP contribution >= 0.6 is 0 Å². The number of aldehydes is 1. The minimum Gasteiger partial charge on any atom is -0.359 e. The van der Waals surface area contributed by atoms with Crippen LogP contribution in [0.2, 0.25) is 0 Å². The van der Waals surface area contributed by atoms with E-state index in [1.165, 1.54) is 0 Å². The third-order valence-electron chi connectivity index (χ3n) is 3.82. The van der Waals surface area contributed by atoms with Crippen LogP contribution in [0, 0.1) is 6.92 Å². The van der Waals surface area contributed by atoms with E-state index < -0.39 is 6.04 Å². The quantitative estimate of drug-likeness (QED) is 0.834. The summed E-state index contributed by atoms with van der Waals surface area (Å²) < 4.78 is 1.93. The molecule has 1 amide bonds. The molecule has 0 aliphatic heterocycles. The van der Waals surface area contributed by atoms with Gasteiger partial charge in [-0.2, -0.15) is 0 Å². The van der Waals surface area contributed by atoms with Gasteiger partial charge in [0.2, 0.25) is 5.91 Å². The van der Waals surface area contributed by atoms with Crippen molar-refractivity contribution in [3.8, 4) is 0 Å². The topological polar surface area (TPSA) is 64.0 Å². The number of amides is 1. The average Bonchev–Trinajstić information content (AvgIpc) is 2.82. The van der Waals surface area contributed by atoms with Crippen molar-refractivity contribution in [2.75, 3.05) is 7.05 Å². The molecule has 5 heteroatoms. The van der Waals surface area contributed by atoms with Crippen LogP contribution in [0.15, 0.2) is 24.4 Å². The molecule has 0 fully saturated rings. The van der Waals surface area contributed by atoms with Gasteiger partial charge in [0.1, 0.15) is 11.9 Å². The predicted molar refractivity (Wildman–Crippen MR) is 87.6 cm³/mol. The summed E-state index contributed by atoms with van der Waals surface area (Å²) in [4.78, 5) is 27.5. The molecule has 0 saturated carbocycles. The van der Waals surface area contributed by atoms with Gasteiger partial charge in [0.05, 0.1) is 6.04 Å². The van der Waals surface area contributed by atoms with Crippen molar-refractivity contribution in [3.05, 3.63) is 35.7 Å². The monoisotopic (exact) mass is 299 g/mol. The van der Waals surface area contributed by atoms with E-state index in [2.05, 4.69) is 10.3 Å². The maximum absolute atomic E-state index is 11.6. The van der Waals surface area contributed by atoms with Crippen molar-refractivity contribution in [3.63, 3.8) is 0 Å². The largest absolute Gasteiger partial charge is 0.359 e. The molecule has 0 aliphatic carbocycles. The first-order valence-electron chi connectivity index (χ1n) is 7.38. The first-order chi connectivity index (χ1) is 10.6. The van der Waals surface area contributed by atoms with Crippen molar-refractivity contribution in [1.29, 1.82) is 0 Å². The number of aryl methyl sites for hydroxylation is 1. The Morgan fingerprint density at radius 3 is 2.91 bits per heavy atom. The lowest BCUT2D eigenvalue weighted by molar-refractivity contribution is -0.121. The van der Waals surface area contributed by atoms with Gasteiger partial charge in [0.15, 0.2) is 0 Å². The summed E-state index contributed by atoms with van der Waals surface area (Å²) >= 11 is 0. The minimum atomic E-state index is -0.408. The van der Waals surface area contributed by atoms with Gasteiger partial charge in [0, 0.05) is 30.7 Å². The van der Waals surface area contributed by atoms with Crippen LogP contribution in [-0.4, -0.2) is 28.8 Å². The number of carbonyl (C=O) groups is 2. The van der Waals surface area contributed by atoms with Crippen molar-refractivity contribution >= 4 is 29.3 Å². The summed E-state index contributed by atoms with van der Waals surface area (Å²) in [5.41, 5.74) is 2.83. The average molecular weight is 299 g/mol. The summed E-state index contributed by atoms with van der Waals surface area (Å²) in [5, 5.41) is 3.61. The first-order valence-corrected chi connectivity index (χ1v) is 7.38. The van der Waals surface area contributed by atoms with Gasteiger partial charge in [0.25, 0.3) is 0 Å². The van der Waals surface area contributed by atoms with Gasteiger partial charge < -0.3 is 14.7 Å². The molecule has 2 aromatic heterocycles. The van der Waals surface area contributed by atoms with Crippen LogP contribution in [0.5, 0.6) is 0 Å². The molecule has 1 atom stereocenters. The number of allylic oxidation sites excluding steroid dienone is 1. The SMILES string of the molecule is C/C=C\c1c(C)c2cccnc2n1C(C=O)CCC(=O)NC. The molecule has 1 N–H and O–H groups in total. The molecular formula is C17H21N3O2. The minimum absolute atomic E-state index is 0.0689. The third kappa shape index (κ3) is 2.93. The molecule has 1 unspecified atom stereocenters. The number of hydrogen-bond acceptors (Lipinski definition) is 3. The van der Waals surface area contributed by atoms with Crippen LogP contribution < -0.4 is 5.32 Å². The second-order valence-electron chi connectivity index (χ2n) is 5.17. The number of aromatic nitrogens is 2. The molecule has 2 rings (SSSR count). The van der Waals surface area contributed by atoms with E-state index in [1.807, 2.05) is 42.7 Å². The molecule has 0 bridgehead atoms. The number of rotatable bonds is 6. The second-order valence-corrected chi connectivity index (χ2v) is 5.17. The fourth-order valence-corrected chi connectivity index (χ4v) is 2.68. The van der Waals surface area contributed by atoms with Crippen LogP contribution in [0.1, 0.15) is 37.1 Å². The Balaban J connectivity index is 2.53. The molecule has 116 valence electrons. The zero-order valence-corrected chi connectivity index (χ0v) is 13.2. The summed E-state index contributed by atoms with van der Waals surface area (Å²) in [5.74, 6) is -0.0689. The van der Waals surface area contributed by atoms with Gasteiger partial charge in [-0.05, 0) is 44.0 Å². The van der Waals surface area contributed by atoms with Crippen LogP contribution in [0.3, 0.4) is 0 Å². The highest BCUT2D eigenvalue weighted by molar-refractivity contribution is 5.86. The van der Waals surface area contributed by atoms with E-state index >= 15 is 0 Å². The fraction of sp³-hybridized carbons (Fsp3) is 0.353. The molecule has 5 nitrogen and oxygen atoms in total.